The first-order chi connectivity index (χ1) is 4.74. The van der Waals surface area contributed by atoms with E-state index < -0.39 is 0 Å². The maximum Gasteiger partial charge on any atom is 0.0993 e. The van der Waals surface area contributed by atoms with Crippen LogP contribution in [0, 0.1) is 6.92 Å². The molecule has 0 saturated carbocycles. The van der Waals surface area contributed by atoms with E-state index in [2.05, 4.69) is 25.4 Å². The van der Waals surface area contributed by atoms with Crippen LogP contribution in [0.5, 0.6) is 0 Å². The van der Waals surface area contributed by atoms with Gasteiger partial charge < -0.3 is 0 Å². The molecule has 1 aromatic rings. The van der Waals surface area contributed by atoms with Gasteiger partial charge in [-0.15, -0.1) is 17.9 Å². The van der Waals surface area contributed by atoms with Crippen molar-refractivity contribution in [2.24, 2.45) is 0 Å². The van der Waals surface area contributed by atoms with Gasteiger partial charge in [0.25, 0.3) is 0 Å². The largest absolute Gasteiger partial charge is 0.249 e. The Morgan fingerprint density at radius 1 is 1.80 bits per heavy atom. The minimum absolute atomic E-state index is 0.402. The van der Waals surface area contributed by atoms with Crippen molar-refractivity contribution in [3.8, 4) is 0 Å². The van der Waals surface area contributed by atoms with Crippen LogP contribution in [0.15, 0.2) is 18.9 Å². The molecule has 1 atom stereocenters. The highest BCUT2D eigenvalue weighted by Crippen LogP contribution is 2.20. The molecule has 2 heteroatoms. The first-order valence-electron chi connectivity index (χ1n) is 3.29. The van der Waals surface area contributed by atoms with Gasteiger partial charge in [0.15, 0.2) is 0 Å². The fourth-order valence-corrected chi connectivity index (χ4v) is 1.51. The minimum Gasteiger partial charge on any atom is -0.249 e. The number of rotatable bonds is 2. The van der Waals surface area contributed by atoms with Crippen molar-refractivity contribution in [1.82, 2.24) is 4.98 Å². The highest BCUT2D eigenvalue weighted by Gasteiger charge is 2.03. The van der Waals surface area contributed by atoms with Crippen molar-refractivity contribution in [2.75, 3.05) is 0 Å². The van der Waals surface area contributed by atoms with E-state index in [1.54, 1.807) is 11.3 Å². The second-order valence-electron chi connectivity index (χ2n) is 2.33. The summed E-state index contributed by atoms with van der Waals surface area (Å²) in [6.45, 7) is 7.88. The highest BCUT2D eigenvalue weighted by atomic mass is 32.1. The first kappa shape index (κ1) is 7.48. The number of allylic oxidation sites excluding steroid dienone is 1. The van der Waals surface area contributed by atoms with E-state index in [9.17, 15) is 0 Å². The second-order valence-corrected chi connectivity index (χ2v) is 3.60. The summed E-state index contributed by atoms with van der Waals surface area (Å²) in [6, 6.07) is 0. The zero-order valence-electron chi connectivity index (χ0n) is 6.29. The lowest BCUT2D eigenvalue weighted by Crippen LogP contribution is -1.84. The van der Waals surface area contributed by atoms with Gasteiger partial charge in [0.05, 0.1) is 5.01 Å². The number of nitrogens with zero attached hydrogens (tertiary/aromatic N) is 1. The molecule has 1 aromatic heterocycles. The maximum absolute atomic E-state index is 4.23. The predicted octanol–water partition coefficient (Wildman–Crippen LogP) is 2.74. The third-order valence-electron chi connectivity index (χ3n) is 1.38. The number of hydrogen-bond acceptors (Lipinski definition) is 2. The van der Waals surface area contributed by atoms with Crippen molar-refractivity contribution in [1.29, 1.82) is 0 Å². The van der Waals surface area contributed by atoms with Gasteiger partial charge in [-0.25, -0.2) is 4.98 Å². The fourth-order valence-electron chi connectivity index (χ4n) is 0.684. The molecule has 1 nitrogen and oxygen atoms in total. The minimum atomic E-state index is 0.402. The van der Waals surface area contributed by atoms with Gasteiger partial charge >= 0.3 is 0 Å². The molecule has 0 radical (unpaired) electrons. The van der Waals surface area contributed by atoms with E-state index >= 15 is 0 Å². The van der Waals surface area contributed by atoms with Crippen LogP contribution in [0.3, 0.4) is 0 Å². The molecule has 0 N–H and O–H groups in total. The Bertz CT molecular complexity index is 227. The molecule has 0 saturated heterocycles. The molecule has 0 aliphatic heterocycles. The molecule has 1 rings (SSSR count). The van der Waals surface area contributed by atoms with Gasteiger partial charge in [0.1, 0.15) is 0 Å². The van der Waals surface area contributed by atoms with Crippen molar-refractivity contribution in [2.45, 2.75) is 19.8 Å². The Balaban J connectivity index is 2.84. The smallest absolute Gasteiger partial charge is 0.0993 e. The van der Waals surface area contributed by atoms with E-state index in [1.807, 2.05) is 12.3 Å². The average Bonchev–Trinajstić information content (AvgIpc) is 2.34. The Morgan fingerprint density at radius 3 is 2.90 bits per heavy atom. The van der Waals surface area contributed by atoms with Crippen LogP contribution in [-0.4, -0.2) is 4.98 Å². The molecule has 0 spiro atoms. The molecule has 0 fully saturated rings. The van der Waals surface area contributed by atoms with E-state index in [-0.39, 0.29) is 0 Å². The normalized spacial score (nSPS) is 13.0. The van der Waals surface area contributed by atoms with Crippen LogP contribution in [0.25, 0.3) is 0 Å². The third kappa shape index (κ3) is 1.45. The summed E-state index contributed by atoms with van der Waals surface area (Å²) in [5.74, 6) is 0.402. The fraction of sp³-hybridized carbons (Fsp3) is 0.375. The number of aryl methyl sites for hydroxylation is 1. The van der Waals surface area contributed by atoms with Gasteiger partial charge in [0, 0.05) is 17.0 Å². The van der Waals surface area contributed by atoms with Crippen molar-refractivity contribution >= 4 is 11.3 Å². The van der Waals surface area contributed by atoms with Crippen LogP contribution in [-0.2, 0) is 0 Å². The summed E-state index contributed by atoms with van der Waals surface area (Å²) in [4.78, 5) is 5.50. The van der Waals surface area contributed by atoms with Crippen LogP contribution >= 0.6 is 11.3 Å². The van der Waals surface area contributed by atoms with Gasteiger partial charge in [-0.3, -0.25) is 0 Å². The summed E-state index contributed by atoms with van der Waals surface area (Å²) in [6.07, 6.45) is 3.82. The Kier molecular flexibility index (Phi) is 2.22. The molecule has 1 unspecified atom stereocenters. The van der Waals surface area contributed by atoms with Gasteiger partial charge in [-0.2, -0.15) is 0 Å². The SMILES string of the molecule is C=CC(C)c1ncc(C)s1. The van der Waals surface area contributed by atoms with E-state index in [0.717, 1.165) is 5.01 Å². The van der Waals surface area contributed by atoms with Crippen molar-refractivity contribution in [3.05, 3.63) is 28.7 Å². The average molecular weight is 153 g/mol. The van der Waals surface area contributed by atoms with E-state index in [0.29, 0.717) is 5.92 Å². The summed E-state index contributed by atoms with van der Waals surface area (Å²) < 4.78 is 0. The van der Waals surface area contributed by atoms with Crippen LogP contribution < -0.4 is 0 Å². The molecule has 0 aromatic carbocycles. The van der Waals surface area contributed by atoms with Crippen LogP contribution in [0.2, 0.25) is 0 Å². The molecular weight excluding hydrogens is 142 g/mol. The number of aromatic nitrogens is 1. The molecule has 54 valence electrons. The zero-order chi connectivity index (χ0) is 7.56. The van der Waals surface area contributed by atoms with Crippen LogP contribution in [0.1, 0.15) is 22.7 Å². The predicted molar refractivity (Wildman–Crippen MR) is 45.5 cm³/mol. The Morgan fingerprint density at radius 2 is 2.50 bits per heavy atom. The monoisotopic (exact) mass is 153 g/mol. The maximum atomic E-state index is 4.23. The zero-order valence-corrected chi connectivity index (χ0v) is 7.11. The topological polar surface area (TPSA) is 12.9 Å². The lowest BCUT2D eigenvalue weighted by atomic mass is 10.2. The molecule has 1 heterocycles. The van der Waals surface area contributed by atoms with E-state index in [4.69, 9.17) is 0 Å². The lowest BCUT2D eigenvalue weighted by molar-refractivity contribution is 0.948. The second kappa shape index (κ2) is 2.97. The summed E-state index contributed by atoms with van der Waals surface area (Å²) >= 11 is 1.74. The summed E-state index contributed by atoms with van der Waals surface area (Å²) in [7, 11) is 0. The van der Waals surface area contributed by atoms with Gasteiger partial charge in [0.2, 0.25) is 0 Å². The molecule has 0 amide bonds. The highest BCUT2D eigenvalue weighted by molar-refractivity contribution is 7.11. The summed E-state index contributed by atoms with van der Waals surface area (Å²) in [5, 5.41) is 1.16. The molecular formula is C8H11NS. The standard InChI is InChI=1S/C8H11NS/c1-4-6(2)8-9-5-7(3)10-8/h4-6H,1H2,2-3H3. The van der Waals surface area contributed by atoms with Crippen LogP contribution in [0.4, 0.5) is 0 Å². The third-order valence-corrected chi connectivity index (χ3v) is 2.50. The van der Waals surface area contributed by atoms with Crippen molar-refractivity contribution in [3.63, 3.8) is 0 Å². The van der Waals surface area contributed by atoms with Crippen molar-refractivity contribution < 1.29 is 0 Å². The van der Waals surface area contributed by atoms with Gasteiger partial charge in [-0.05, 0) is 6.92 Å². The lowest BCUT2D eigenvalue weighted by Gasteiger charge is -1.96. The first-order valence-corrected chi connectivity index (χ1v) is 4.10. The summed E-state index contributed by atoms with van der Waals surface area (Å²) in [5.41, 5.74) is 0. The molecule has 0 bridgehead atoms. The molecule has 0 aliphatic carbocycles. The number of hydrogen-bond donors (Lipinski definition) is 0. The number of thiazole rings is 1. The Labute approximate surface area is 65.4 Å². The molecule has 0 aliphatic rings. The molecule has 10 heavy (non-hydrogen) atoms. The Hall–Kier alpha value is -0.630. The van der Waals surface area contributed by atoms with E-state index in [1.165, 1.54) is 4.88 Å². The quantitative estimate of drug-likeness (QED) is 0.595. The van der Waals surface area contributed by atoms with Gasteiger partial charge in [-0.1, -0.05) is 13.0 Å².